The Morgan fingerprint density at radius 1 is 0.964 bits per heavy atom. The van der Waals surface area contributed by atoms with Crippen molar-refractivity contribution < 1.29 is 14.7 Å². The fraction of sp³-hybridized carbons (Fsp3) is 0.636. The largest absolute Gasteiger partial charge is 0.508 e. The Labute approximate surface area is 166 Å². The Balaban J connectivity index is 1.24. The summed E-state index contributed by atoms with van der Waals surface area (Å²) < 4.78 is 0. The maximum Gasteiger partial charge on any atom is 0.225 e. The third-order valence-electron chi connectivity index (χ3n) is 6.45. The first-order valence-corrected chi connectivity index (χ1v) is 10.7. The van der Waals surface area contributed by atoms with Crippen LogP contribution in [0.25, 0.3) is 0 Å². The van der Waals surface area contributed by atoms with Crippen LogP contribution in [0.2, 0.25) is 0 Å². The van der Waals surface area contributed by atoms with Gasteiger partial charge >= 0.3 is 0 Å². The maximum atomic E-state index is 12.6. The van der Waals surface area contributed by atoms with Crippen LogP contribution in [0.4, 0.5) is 0 Å². The number of aromatic hydroxyl groups is 1. The number of phenolic OH excluding ortho intramolecular Hbond substituents is 1. The van der Waals surface area contributed by atoms with Gasteiger partial charge in [-0.1, -0.05) is 12.1 Å². The molecule has 3 fully saturated rings. The number of hydrogen-bond donors (Lipinski definition) is 2. The number of nitrogens with zero attached hydrogens (tertiary/aromatic N) is 2. The van der Waals surface area contributed by atoms with E-state index in [1.165, 1.54) is 0 Å². The van der Waals surface area contributed by atoms with E-state index in [1.807, 2.05) is 12.1 Å². The molecule has 2 saturated heterocycles. The minimum atomic E-state index is 0.0389. The van der Waals surface area contributed by atoms with Gasteiger partial charge < -0.3 is 15.3 Å². The van der Waals surface area contributed by atoms with E-state index in [4.69, 9.17) is 0 Å². The standard InChI is InChI=1S/C22H31N3O3/c26-20-7-3-16(4-8-20)14-23-21(27)18-2-1-11-25(15-18)19-9-12-24(13-10-19)22(28)17-5-6-17/h3-4,7-8,17-19,26H,1-2,5-6,9-15H2,(H,23,27). The highest BCUT2D eigenvalue weighted by Gasteiger charge is 2.37. The van der Waals surface area contributed by atoms with Crippen molar-refractivity contribution in [3.05, 3.63) is 29.8 Å². The molecular weight excluding hydrogens is 354 g/mol. The predicted octanol–water partition coefficient (Wildman–Crippen LogP) is 2.12. The van der Waals surface area contributed by atoms with Crippen LogP contribution in [0, 0.1) is 11.8 Å². The molecule has 0 radical (unpaired) electrons. The van der Waals surface area contributed by atoms with Crippen LogP contribution < -0.4 is 5.32 Å². The van der Waals surface area contributed by atoms with E-state index in [-0.39, 0.29) is 17.6 Å². The van der Waals surface area contributed by atoms with Crippen molar-refractivity contribution in [2.75, 3.05) is 26.2 Å². The van der Waals surface area contributed by atoms with Gasteiger partial charge in [0.2, 0.25) is 11.8 Å². The zero-order valence-electron chi connectivity index (χ0n) is 16.5. The van der Waals surface area contributed by atoms with Crippen LogP contribution in [0.3, 0.4) is 0 Å². The summed E-state index contributed by atoms with van der Waals surface area (Å²) in [4.78, 5) is 29.4. The number of amides is 2. The first kappa shape index (κ1) is 19.2. The summed E-state index contributed by atoms with van der Waals surface area (Å²) in [5, 5.41) is 12.4. The molecule has 2 N–H and O–H groups in total. The molecule has 0 bridgehead atoms. The normalized spacial score (nSPS) is 24.1. The second-order valence-electron chi connectivity index (χ2n) is 8.55. The molecule has 1 aromatic rings. The lowest BCUT2D eigenvalue weighted by atomic mass is 9.93. The molecule has 6 nitrogen and oxygen atoms in total. The molecule has 4 rings (SSSR count). The van der Waals surface area contributed by atoms with E-state index in [2.05, 4.69) is 15.1 Å². The molecule has 3 aliphatic rings. The summed E-state index contributed by atoms with van der Waals surface area (Å²) in [7, 11) is 0. The monoisotopic (exact) mass is 385 g/mol. The van der Waals surface area contributed by atoms with Crippen molar-refractivity contribution >= 4 is 11.8 Å². The molecule has 1 aliphatic carbocycles. The van der Waals surface area contributed by atoms with E-state index in [1.54, 1.807) is 12.1 Å². The number of hydrogen-bond acceptors (Lipinski definition) is 4. The molecule has 0 spiro atoms. The fourth-order valence-electron chi connectivity index (χ4n) is 4.54. The number of nitrogens with one attached hydrogen (secondary N) is 1. The van der Waals surface area contributed by atoms with Gasteiger partial charge in [0.15, 0.2) is 0 Å². The fourth-order valence-corrected chi connectivity index (χ4v) is 4.54. The van der Waals surface area contributed by atoms with Crippen LogP contribution in [0.1, 0.15) is 44.1 Å². The number of carbonyl (C=O) groups excluding carboxylic acids is 2. The third kappa shape index (κ3) is 4.66. The maximum absolute atomic E-state index is 12.6. The average Bonchev–Trinajstić information content (AvgIpc) is 3.58. The summed E-state index contributed by atoms with van der Waals surface area (Å²) in [6.45, 7) is 4.12. The van der Waals surface area contributed by atoms with Gasteiger partial charge in [-0.05, 0) is 62.8 Å². The summed E-state index contributed by atoms with van der Waals surface area (Å²) >= 11 is 0. The highest BCUT2D eigenvalue weighted by Crippen LogP contribution is 2.32. The van der Waals surface area contributed by atoms with Gasteiger partial charge in [-0.3, -0.25) is 14.5 Å². The molecule has 152 valence electrons. The number of phenols is 1. The Kier molecular flexibility index (Phi) is 5.85. The second kappa shape index (κ2) is 8.52. The number of rotatable bonds is 5. The lowest BCUT2D eigenvalue weighted by molar-refractivity contribution is -0.134. The van der Waals surface area contributed by atoms with E-state index >= 15 is 0 Å². The topological polar surface area (TPSA) is 72.9 Å². The van der Waals surface area contributed by atoms with Gasteiger partial charge in [-0.2, -0.15) is 0 Å². The molecule has 2 aliphatic heterocycles. The molecule has 1 aromatic carbocycles. The lowest BCUT2D eigenvalue weighted by Gasteiger charge is -2.42. The van der Waals surface area contributed by atoms with Gasteiger partial charge in [-0.15, -0.1) is 0 Å². The van der Waals surface area contributed by atoms with E-state index in [0.717, 1.165) is 70.3 Å². The second-order valence-corrected chi connectivity index (χ2v) is 8.55. The molecule has 2 amide bonds. The number of carbonyl (C=O) groups is 2. The minimum Gasteiger partial charge on any atom is -0.508 e. The third-order valence-corrected chi connectivity index (χ3v) is 6.45. The van der Waals surface area contributed by atoms with Crippen molar-refractivity contribution in [2.45, 2.75) is 51.1 Å². The Bertz CT molecular complexity index is 693. The minimum absolute atomic E-state index is 0.0389. The Morgan fingerprint density at radius 2 is 1.68 bits per heavy atom. The lowest BCUT2D eigenvalue weighted by Crippen LogP contribution is -2.51. The first-order valence-electron chi connectivity index (χ1n) is 10.7. The quantitative estimate of drug-likeness (QED) is 0.814. The molecule has 1 saturated carbocycles. The summed E-state index contributed by atoms with van der Waals surface area (Å²) in [5.74, 6) is 1.08. The number of piperidine rings is 2. The highest BCUT2D eigenvalue weighted by atomic mass is 16.3. The molecular formula is C22H31N3O3. The smallest absolute Gasteiger partial charge is 0.225 e. The predicted molar refractivity (Wildman–Crippen MR) is 107 cm³/mol. The molecule has 1 atom stereocenters. The summed E-state index contributed by atoms with van der Waals surface area (Å²) in [6.07, 6.45) is 6.20. The number of benzene rings is 1. The zero-order valence-corrected chi connectivity index (χ0v) is 16.5. The zero-order chi connectivity index (χ0) is 19.5. The van der Waals surface area contributed by atoms with Crippen LogP contribution >= 0.6 is 0 Å². The van der Waals surface area contributed by atoms with Gasteiger partial charge in [0, 0.05) is 38.1 Å². The highest BCUT2D eigenvalue weighted by molar-refractivity contribution is 5.81. The molecule has 1 unspecified atom stereocenters. The van der Waals surface area contributed by atoms with Crippen molar-refractivity contribution in [3.8, 4) is 5.75 Å². The average molecular weight is 386 g/mol. The van der Waals surface area contributed by atoms with E-state index in [0.29, 0.717) is 24.4 Å². The number of likely N-dealkylation sites (tertiary alicyclic amines) is 2. The summed E-state index contributed by atoms with van der Waals surface area (Å²) in [5.41, 5.74) is 0.992. The first-order chi connectivity index (χ1) is 13.6. The van der Waals surface area contributed by atoms with E-state index in [9.17, 15) is 14.7 Å². The van der Waals surface area contributed by atoms with Crippen molar-refractivity contribution in [3.63, 3.8) is 0 Å². The van der Waals surface area contributed by atoms with Gasteiger partial charge in [0.25, 0.3) is 0 Å². The van der Waals surface area contributed by atoms with Crippen molar-refractivity contribution in [1.29, 1.82) is 0 Å². The Hall–Kier alpha value is -2.08. The Morgan fingerprint density at radius 3 is 2.36 bits per heavy atom. The van der Waals surface area contributed by atoms with E-state index < -0.39 is 0 Å². The van der Waals surface area contributed by atoms with Crippen LogP contribution in [0.15, 0.2) is 24.3 Å². The van der Waals surface area contributed by atoms with Crippen LogP contribution in [0.5, 0.6) is 5.75 Å². The van der Waals surface area contributed by atoms with Crippen LogP contribution in [-0.2, 0) is 16.1 Å². The summed E-state index contributed by atoms with van der Waals surface area (Å²) in [6, 6.07) is 7.45. The van der Waals surface area contributed by atoms with Crippen LogP contribution in [-0.4, -0.2) is 58.9 Å². The molecule has 0 aromatic heterocycles. The van der Waals surface area contributed by atoms with Gasteiger partial charge in [0.05, 0.1) is 5.92 Å². The van der Waals surface area contributed by atoms with Gasteiger partial charge in [0.1, 0.15) is 5.75 Å². The molecule has 28 heavy (non-hydrogen) atoms. The molecule has 2 heterocycles. The van der Waals surface area contributed by atoms with Crippen molar-refractivity contribution in [1.82, 2.24) is 15.1 Å². The SMILES string of the molecule is O=C(NCc1ccc(O)cc1)C1CCCN(C2CCN(C(=O)C3CC3)CC2)C1. The molecule has 6 heteroatoms. The van der Waals surface area contributed by atoms with Gasteiger partial charge in [-0.25, -0.2) is 0 Å². The van der Waals surface area contributed by atoms with Crippen molar-refractivity contribution in [2.24, 2.45) is 11.8 Å².